The number of nitrogens with zero attached hydrogens (tertiary/aromatic N) is 1. The summed E-state index contributed by atoms with van der Waals surface area (Å²) < 4.78 is 0. The lowest BCUT2D eigenvalue weighted by molar-refractivity contribution is 0.0268. The predicted molar refractivity (Wildman–Crippen MR) is 96.1 cm³/mol. The molecule has 3 heteroatoms. The van der Waals surface area contributed by atoms with Crippen LogP contribution in [0.15, 0.2) is 28.5 Å². The van der Waals surface area contributed by atoms with Crippen LogP contribution in [0.2, 0.25) is 0 Å². The number of allylic oxidation sites excluding steroid dienone is 3. The van der Waals surface area contributed by atoms with E-state index in [1.54, 1.807) is 5.57 Å². The Morgan fingerprint density at radius 3 is 2.62 bits per heavy atom. The molecule has 4 aliphatic rings. The van der Waals surface area contributed by atoms with E-state index in [4.69, 9.17) is 0 Å². The number of hydrogen-bond donors (Lipinski definition) is 2. The third kappa shape index (κ3) is 2.09. The summed E-state index contributed by atoms with van der Waals surface area (Å²) in [6, 6.07) is 0. The maximum Gasteiger partial charge on any atom is 0.0582 e. The number of oxime groups is 1. The molecule has 132 valence electrons. The minimum absolute atomic E-state index is 0.131. The van der Waals surface area contributed by atoms with E-state index in [0.29, 0.717) is 11.8 Å². The highest BCUT2D eigenvalue weighted by Gasteiger charge is 2.55. The molecule has 0 radical (unpaired) electrons. The Bertz CT molecular complexity index is 634. The SMILES string of the molecule is C/C(=N/O)C1CC=C2C3CC=C4CC(O)CCC4(C)C3CCC21C. The average Bonchev–Trinajstić information content (AvgIpc) is 2.92. The van der Waals surface area contributed by atoms with Crippen molar-refractivity contribution in [3.8, 4) is 0 Å². The molecular weight excluding hydrogens is 298 g/mol. The molecule has 0 heterocycles. The van der Waals surface area contributed by atoms with Gasteiger partial charge in [0.15, 0.2) is 0 Å². The van der Waals surface area contributed by atoms with Gasteiger partial charge in [0.05, 0.1) is 11.8 Å². The first-order chi connectivity index (χ1) is 11.4. The molecular formula is C21H31NO2. The van der Waals surface area contributed by atoms with Crippen molar-refractivity contribution in [2.24, 2.45) is 33.7 Å². The first-order valence-electron chi connectivity index (χ1n) is 9.67. The second kappa shape index (κ2) is 5.45. The van der Waals surface area contributed by atoms with Gasteiger partial charge in [-0.05, 0) is 74.5 Å². The zero-order valence-corrected chi connectivity index (χ0v) is 15.3. The van der Waals surface area contributed by atoms with Crippen LogP contribution in [0.5, 0.6) is 0 Å². The summed E-state index contributed by atoms with van der Waals surface area (Å²) in [5, 5.41) is 22.9. The van der Waals surface area contributed by atoms with Crippen molar-refractivity contribution >= 4 is 5.71 Å². The van der Waals surface area contributed by atoms with Crippen LogP contribution in [0.1, 0.15) is 65.7 Å². The van der Waals surface area contributed by atoms with Crippen LogP contribution in [-0.4, -0.2) is 22.1 Å². The summed E-state index contributed by atoms with van der Waals surface area (Å²) in [7, 11) is 0. The predicted octanol–water partition coefficient (Wildman–Crippen LogP) is 4.70. The van der Waals surface area contributed by atoms with Gasteiger partial charge in [0.1, 0.15) is 0 Å². The summed E-state index contributed by atoms with van der Waals surface area (Å²) in [6.45, 7) is 6.83. The Labute approximate surface area is 145 Å². The van der Waals surface area contributed by atoms with Crippen molar-refractivity contribution in [1.29, 1.82) is 0 Å². The highest BCUT2D eigenvalue weighted by Crippen LogP contribution is 2.64. The minimum atomic E-state index is -0.131. The van der Waals surface area contributed by atoms with Gasteiger partial charge in [-0.15, -0.1) is 0 Å². The molecule has 2 fully saturated rings. The van der Waals surface area contributed by atoms with Gasteiger partial charge in [-0.2, -0.15) is 0 Å². The van der Waals surface area contributed by atoms with E-state index in [1.165, 1.54) is 18.4 Å². The first kappa shape index (κ1) is 16.4. The van der Waals surface area contributed by atoms with Crippen molar-refractivity contribution in [3.63, 3.8) is 0 Å². The Morgan fingerprint density at radius 2 is 1.88 bits per heavy atom. The van der Waals surface area contributed by atoms with Crippen LogP contribution < -0.4 is 0 Å². The Balaban J connectivity index is 1.68. The van der Waals surface area contributed by atoms with Crippen molar-refractivity contribution in [2.75, 3.05) is 0 Å². The zero-order valence-electron chi connectivity index (χ0n) is 15.3. The molecule has 24 heavy (non-hydrogen) atoms. The van der Waals surface area contributed by atoms with Crippen LogP contribution in [0.4, 0.5) is 0 Å². The molecule has 0 amide bonds. The van der Waals surface area contributed by atoms with Crippen molar-refractivity contribution in [2.45, 2.75) is 71.8 Å². The van der Waals surface area contributed by atoms with Crippen molar-refractivity contribution in [1.82, 2.24) is 0 Å². The summed E-state index contributed by atoms with van der Waals surface area (Å²) >= 11 is 0. The number of rotatable bonds is 1. The van der Waals surface area contributed by atoms with Gasteiger partial charge in [-0.3, -0.25) is 0 Å². The standard InChI is InChI=1S/C21H31NO2/c1-13(22-24)17-6-7-18-16-5-4-14-12-15(23)8-10-20(14,2)19(16)9-11-21(17,18)3/h4,7,15-17,19,23-24H,5-6,8-12H2,1-3H3/b22-13-. The molecule has 6 atom stereocenters. The van der Waals surface area contributed by atoms with E-state index in [1.807, 2.05) is 6.92 Å². The fourth-order valence-corrected chi connectivity index (χ4v) is 6.69. The molecule has 4 aliphatic carbocycles. The van der Waals surface area contributed by atoms with Crippen LogP contribution in [0.3, 0.4) is 0 Å². The van der Waals surface area contributed by atoms with Crippen LogP contribution in [0.25, 0.3) is 0 Å². The molecule has 0 aliphatic heterocycles. The monoisotopic (exact) mass is 329 g/mol. The van der Waals surface area contributed by atoms with Gasteiger partial charge in [-0.25, -0.2) is 0 Å². The number of aliphatic hydroxyl groups is 1. The number of fused-ring (bicyclic) bond motifs is 5. The number of hydrogen-bond acceptors (Lipinski definition) is 3. The van der Waals surface area contributed by atoms with Gasteiger partial charge in [0.2, 0.25) is 0 Å². The lowest BCUT2D eigenvalue weighted by Gasteiger charge is -2.56. The van der Waals surface area contributed by atoms with E-state index < -0.39 is 0 Å². The van der Waals surface area contributed by atoms with Crippen LogP contribution in [-0.2, 0) is 0 Å². The van der Waals surface area contributed by atoms with Crippen LogP contribution in [0, 0.1) is 28.6 Å². The third-order valence-corrected chi connectivity index (χ3v) is 8.15. The Kier molecular flexibility index (Phi) is 3.72. The summed E-state index contributed by atoms with van der Waals surface area (Å²) in [4.78, 5) is 0. The smallest absolute Gasteiger partial charge is 0.0582 e. The molecule has 0 aromatic carbocycles. The fourth-order valence-electron chi connectivity index (χ4n) is 6.69. The zero-order chi connectivity index (χ0) is 17.1. The average molecular weight is 329 g/mol. The molecule has 0 saturated heterocycles. The quantitative estimate of drug-likeness (QED) is 0.317. The summed E-state index contributed by atoms with van der Waals surface area (Å²) in [5.41, 5.74) is 4.50. The molecule has 4 rings (SSSR count). The molecule has 0 bridgehead atoms. The lowest BCUT2D eigenvalue weighted by atomic mass is 9.48. The second-order valence-corrected chi connectivity index (χ2v) is 9.14. The molecule has 0 aromatic heterocycles. The molecule has 2 saturated carbocycles. The van der Waals surface area contributed by atoms with Crippen molar-refractivity contribution < 1.29 is 10.3 Å². The van der Waals surface area contributed by atoms with Gasteiger partial charge >= 0.3 is 0 Å². The molecule has 2 N–H and O–H groups in total. The third-order valence-electron chi connectivity index (χ3n) is 8.15. The van der Waals surface area contributed by atoms with Crippen molar-refractivity contribution in [3.05, 3.63) is 23.3 Å². The van der Waals surface area contributed by atoms with Gasteiger partial charge in [0.25, 0.3) is 0 Å². The largest absolute Gasteiger partial charge is 0.411 e. The summed E-state index contributed by atoms with van der Waals surface area (Å²) in [5.74, 6) is 1.73. The van der Waals surface area contributed by atoms with Crippen LogP contribution >= 0.6 is 0 Å². The van der Waals surface area contributed by atoms with Gasteiger partial charge < -0.3 is 10.3 Å². The van der Waals surface area contributed by atoms with E-state index in [0.717, 1.165) is 43.7 Å². The first-order valence-corrected chi connectivity index (χ1v) is 9.67. The second-order valence-electron chi connectivity index (χ2n) is 9.14. The maximum atomic E-state index is 10.1. The van der Waals surface area contributed by atoms with E-state index >= 15 is 0 Å². The van der Waals surface area contributed by atoms with Gasteiger partial charge in [-0.1, -0.05) is 42.3 Å². The highest BCUT2D eigenvalue weighted by molar-refractivity contribution is 5.86. The topological polar surface area (TPSA) is 52.8 Å². The Hall–Kier alpha value is -1.09. The Morgan fingerprint density at radius 1 is 1.12 bits per heavy atom. The molecule has 3 nitrogen and oxygen atoms in total. The lowest BCUT2D eigenvalue weighted by Crippen LogP contribution is -2.48. The van der Waals surface area contributed by atoms with Gasteiger partial charge in [0, 0.05) is 5.92 Å². The maximum absolute atomic E-state index is 10.1. The highest BCUT2D eigenvalue weighted by atomic mass is 16.4. The minimum Gasteiger partial charge on any atom is -0.411 e. The summed E-state index contributed by atoms with van der Waals surface area (Å²) in [6.07, 6.45) is 12.4. The van der Waals surface area contributed by atoms with E-state index in [9.17, 15) is 10.3 Å². The fraction of sp³-hybridized carbons (Fsp3) is 0.762. The van der Waals surface area contributed by atoms with E-state index in [2.05, 4.69) is 31.2 Å². The van der Waals surface area contributed by atoms with E-state index in [-0.39, 0.29) is 16.9 Å². The normalized spacial score (nSPS) is 48.1. The molecule has 6 unspecified atom stereocenters. The molecule has 0 spiro atoms. The molecule has 0 aromatic rings. The number of aliphatic hydroxyl groups excluding tert-OH is 1.